The summed E-state index contributed by atoms with van der Waals surface area (Å²) in [6, 6.07) is 61.0. The van der Waals surface area contributed by atoms with Crippen LogP contribution in [-0.2, 0) is 32.3 Å². The topological polar surface area (TPSA) is 362 Å². The second-order valence-electron chi connectivity index (χ2n) is 25.5. The molecule has 26 heteroatoms. The van der Waals surface area contributed by atoms with Crippen LogP contribution in [0.15, 0.2) is 218 Å². The number of aliphatic hydroxyl groups excluding tert-OH is 4. The molecule has 0 unspecified atom stereocenters. The maximum Gasteiger partial charge on any atom is 2.00 e. The maximum atomic E-state index is 14.0. The van der Waals surface area contributed by atoms with E-state index in [0.717, 1.165) is 22.5 Å². The molecule has 0 saturated heterocycles. The van der Waals surface area contributed by atoms with Crippen molar-refractivity contribution in [1.29, 1.82) is 0 Å². The summed E-state index contributed by atoms with van der Waals surface area (Å²) >= 11 is 0. The summed E-state index contributed by atoms with van der Waals surface area (Å²) in [4.78, 5) is 91.9. The van der Waals surface area contributed by atoms with Crippen molar-refractivity contribution in [2.24, 2.45) is 0 Å². The van der Waals surface area contributed by atoms with Gasteiger partial charge in [0, 0.05) is 96.7 Å². The van der Waals surface area contributed by atoms with Gasteiger partial charge < -0.3 is 89.3 Å². The predicted octanol–water partition coefficient (Wildman–Crippen LogP) is 9.15. The number of carboxylic acids is 4. The molecule has 564 valence electrons. The fraction of sp³-hybridized carbons (Fsp3) is 0.238. The number of aromatic carboxylic acids is 2. The van der Waals surface area contributed by atoms with Gasteiger partial charge in [-0.05, 0) is 157 Å². The maximum absolute atomic E-state index is 14.0. The summed E-state index contributed by atoms with van der Waals surface area (Å²) in [6.45, 7) is 10.8. The molecule has 0 radical (unpaired) electrons. The molecule has 2 aromatic heterocycles. The van der Waals surface area contributed by atoms with Gasteiger partial charge in [-0.2, -0.15) is 0 Å². The number of carbonyl (C=O) groups is 8. The van der Waals surface area contributed by atoms with Crippen LogP contribution in [0.1, 0.15) is 145 Å². The zero-order chi connectivity index (χ0) is 78.7. The molecule has 8 aromatic carbocycles. The summed E-state index contributed by atoms with van der Waals surface area (Å²) in [5, 5.41) is 90.2. The molecule has 0 aliphatic heterocycles. The van der Waals surface area contributed by atoms with Gasteiger partial charge in [0.25, 0.3) is 11.8 Å². The predicted molar refractivity (Wildman–Crippen MR) is 405 cm³/mol. The molecule has 110 heavy (non-hydrogen) atoms. The number of carboxylic acid groups (broad SMARTS) is 4. The van der Waals surface area contributed by atoms with Crippen LogP contribution in [0.2, 0.25) is 0 Å². The number of hydrogen-bond acceptors (Lipinski definition) is 18. The van der Waals surface area contributed by atoms with E-state index in [1.807, 2.05) is 134 Å². The minimum Gasteiger partial charge on any atom is -0.550 e. The molecule has 22 nitrogen and oxygen atoms in total. The first-order chi connectivity index (χ1) is 51.5. The number of rotatable bonds is 28. The van der Waals surface area contributed by atoms with Crippen molar-refractivity contribution in [2.75, 3.05) is 10.6 Å². The summed E-state index contributed by atoms with van der Waals surface area (Å²) < 4.78 is 41.3. The van der Waals surface area contributed by atoms with Gasteiger partial charge in [0.1, 0.15) is 23.1 Å². The van der Waals surface area contributed by atoms with Crippen molar-refractivity contribution in [3.63, 3.8) is 0 Å². The van der Waals surface area contributed by atoms with Crippen molar-refractivity contribution in [2.45, 2.75) is 129 Å². The largest absolute Gasteiger partial charge is 2.00 e. The van der Waals surface area contributed by atoms with Crippen LogP contribution in [0, 0.1) is 11.6 Å². The number of halogens is 2. The van der Waals surface area contributed by atoms with Gasteiger partial charge in [0.15, 0.2) is 0 Å². The Morgan fingerprint density at radius 2 is 0.691 bits per heavy atom. The molecule has 0 bridgehead atoms. The van der Waals surface area contributed by atoms with Gasteiger partial charge in [-0.25, -0.2) is 8.78 Å². The molecule has 0 aliphatic rings. The zero-order valence-corrected chi connectivity index (χ0v) is 65.9. The minimum absolute atomic E-state index is 0. The van der Waals surface area contributed by atoms with E-state index in [1.54, 1.807) is 60.7 Å². The Balaban J connectivity index is 0.000000293. The van der Waals surface area contributed by atoms with Crippen molar-refractivity contribution in [3.8, 4) is 56.3 Å². The van der Waals surface area contributed by atoms with Crippen molar-refractivity contribution in [1.82, 2.24) is 9.13 Å². The average molecular weight is 1550 g/mol. The molecule has 10 rings (SSSR count). The van der Waals surface area contributed by atoms with Crippen molar-refractivity contribution in [3.05, 3.63) is 264 Å². The molecule has 0 spiro atoms. The number of carbonyl (C=O) groups excluding carboxylic acids is 8. The summed E-state index contributed by atoms with van der Waals surface area (Å²) in [5.74, 6) is -8.24. The first kappa shape index (κ1) is 90.9. The molecular weight excluding hydrogens is 1470 g/mol. The Hall–Kier alpha value is -9.70. The van der Waals surface area contributed by atoms with E-state index in [1.165, 1.54) is 74.5 Å². The van der Waals surface area contributed by atoms with Gasteiger partial charge >= 0.3 is 87.4 Å². The van der Waals surface area contributed by atoms with E-state index < -0.39 is 84.7 Å². The molecule has 0 aliphatic carbocycles. The number of amides is 2. The molecule has 4 atom stereocenters. The molecule has 2 heterocycles. The summed E-state index contributed by atoms with van der Waals surface area (Å²) in [6.07, 6.45) is -5.54. The van der Waals surface area contributed by atoms with E-state index in [0.29, 0.717) is 56.1 Å². The SMILES string of the molecule is CC(=O)Oc1ccccc1C(=O)[O-].CC(=O)Oc1ccccc1C(=O)[O-].CC(C)c1c(C(=O)Nc2ccccc2)c(-c2ccccc2)c(-c2ccc(F)cc2)n1CC[C@@H](O)C[C@@H](O)CC(=O)[O-].CC(C)c1c(C(=O)Nc2ccccc2)c(-c2ccccc2)c(-c2ccc(F)cc2)n1CC[C@@H](O)C[C@@H](O)CC(=O)[O-].[Ca+2].[Ca+2]. The van der Waals surface area contributed by atoms with E-state index in [-0.39, 0.29) is 161 Å². The fourth-order valence-corrected chi connectivity index (χ4v) is 12.1. The summed E-state index contributed by atoms with van der Waals surface area (Å²) in [5.41, 5.74) is 9.18. The molecule has 0 saturated carbocycles. The Kier molecular flexibility index (Phi) is 37.1. The van der Waals surface area contributed by atoms with Crippen molar-refractivity contribution >= 4 is 134 Å². The molecule has 0 fully saturated rings. The number of hydrogen-bond donors (Lipinski definition) is 6. The number of nitrogens with zero attached hydrogens (tertiary/aromatic N) is 2. The second kappa shape index (κ2) is 44.8. The van der Waals surface area contributed by atoms with Crippen LogP contribution in [0.4, 0.5) is 20.2 Å². The molecule has 10 aromatic rings. The normalized spacial score (nSPS) is 11.7. The Morgan fingerprint density at radius 3 is 0.973 bits per heavy atom. The summed E-state index contributed by atoms with van der Waals surface area (Å²) in [7, 11) is 0. The number of aromatic nitrogens is 2. The fourth-order valence-electron chi connectivity index (χ4n) is 12.1. The number of ether oxygens (including phenoxy) is 2. The number of para-hydroxylation sites is 4. The third kappa shape index (κ3) is 26.8. The third-order valence-corrected chi connectivity index (χ3v) is 16.6. The quantitative estimate of drug-likeness (QED) is 0.0151. The van der Waals surface area contributed by atoms with Gasteiger partial charge in [-0.1, -0.05) is 149 Å². The molecule has 2 amide bonds. The number of benzene rings is 8. The van der Waals surface area contributed by atoms with Crippen LogP contribution in [0.5, 0.6) is 11.5 Å². The van der Waals surface area contributed by atoms with E-state index in [4.69, 9.17) is 0 Å². The molecule has 6 N–H and O–H groups in total. The van der Waals surface area contributed by atoms with E-state index >= 15 is 0 Å². The smallest absolute Gasteiger partial charge is 0.550 e. The van der Waals surface area contributed by atoms with Crippen LogP contribution in [-0.4, -0.2) is 177 Å². The number of anilines is 2. The Bertz CT molecular complexity index is 4400. The standard InChI is InChI=1S/2C33H35FN2O5.2C9H8O4.2Ca/c2*1-21(2)31-30(33(41)35-25-11-7-4-8-12-25)29(22-9-5-3-6-10-22)32(23-13-15-24(34)16-14-23)36(31)18-17-26(37)19-27(38)20-28(39)40;2*1-6(10)13-8-5-3-2-4-7(8)9(11)12;;/h2*3-16,21,26-27,37-38H,17-20H2,1-2H3,(H,35,41)(H,39,40);2*2-5H,1H3,(H,11,12);;/q;;;;2*+2/p-4/t2*26-,27-;;;;/m11..../s1. The zero-order valence-electron chi connectivity index (χ0n) is 61.5. The number of aliphatic hydroxyl groups is 4. The second-order valence-corrected chi connectivity index (χ2v) is 25.5. The van der Waals surface area contributed by atoms with Crippen LogP contribution in [0.25, 0.3) is 44.8 Å². The number of nitrogens with one attached hydrogen (secondary N) is 2. The number of aliphatic carboxylic acids is 2. The average Bonchev–Trinajstić information content (AvgIpc) is 1.59. The first-order valence-electron chi connectivity index (χ1n) is 34.5. The van der Waals surface area contributed by atoms with Gasteiger partial charge in [0.2, 0.25) is 0 Å². The first-order valence-corrected chi connectivity index (χ1v) is 34.5. The number of esters is 2. The molecular formula is C84H82Ca2F2N4O18. The van der Waals surface area contributed by atoms with E-state index in [9.17, 15) is 88.0 Å². The third-order valence-electron chi connectivity index (χ3n) is 16.6. The van der Waals surface area contributed by atoms with Gasteiger partial charge in [-0.3, -0.25) is 19.2 Å². The van der Waals surface area contributed by atoms with Crippen LogP contribution >= 0.6 is 0 Å². The Morgan fingerprint density at radius 1 is 0.400 bits per heavy atom. The van der Waals surface area contributed by atoms with Gasteiger partial charge in [0.05, 0.1) is 58.9 Å². The van der Waals surface area contributed by atoms with Crippen LogP contribution in [0.3, 0.4) is 0 Å². The van der Waals surface area contributed by atoms with Crippen LogP contribution < -0.4 is 40.5 Å². The monoisotopic (exact) mass is 1550 g/mol. The minimum atomic E-state index is -1.39. The van der Waals surface area contributed by atoms with Crippen molar-refractivity contribution < 1.29 is 97.5 Å². The Labute approximate surface area is 695 Å². The van der Waals surface area contributed by atoms with Gasteiger partial charge in [-0.15, -0.1) is 0 Å². The van der Waals surface area contributed by atoms with E-state index in [2.05, 4.69) is 20.1 Å².